The van der Waals surface area contributed by atoms with E-state index in [-0.39, 0.29) is 24.3 Å². The van der Waals surface area contributed by atoms with E-state index >= 15 is 0 Å². The molecule has 0 amide bonds. The Balaban J connectivity index is 1.52. The van der Waals surface area contributed by atoms with Crippen LogP contribution in [0.4, 0.5) is 0 Å². The minimum Gasteiger partial charge on any atom is -0.459 e. The third-order valence-corrected chi connectivity index (χ3v) is 5.66. The zero-order valence-electron chi connectivity index (χ0n) is 17.7. The lowest BCUT2D eigenvalue weighted by Gasteiger charge is -2.39. The predicted molar refractivity (Wildman–Crippen MR) is 107 cm³/mol. The van der Waals surface area contributed by atoms with Gasteiger partial charge in [0.15, 0.2) is 0 Å². The Morgan fingerprint density at radius 3 is 2.11 bits per heavy atom. The molecular formula is C21H32BNO4. The maximum Gasteiger partial charge on any atom is 0.494 e. The molecule has 0 spiro atoms. The zero-order valence-corrected chi connectivity index (χ0v) is 17.7. The summed E-state index contributed by atoms with van der Waals surface area (Å²) in [6.07, 6.45) is 0. The van der Waals surface area contributed by atoms with Crippen LogP contribution in [0.3, 0.4) is 0 Å². The molecule has 0 unspecified atom stereocenters. The second-order valence-electron chi connectivity index (χ2n) is 9.73. The Labute approximate surface area is 163 Å². The van der Waals surface area contributed by atoms with E-state index in [0.717, 1.165) is 18.6 Å². The predicted octanol–water partition coefficient (Wildman–Crippen LogP) is 2.73. The molecule has 1 aromatic rings. The fourth-order valence-electron chi connectivity index (χ4n) is 3.37. The number of likely N-dealkylation sites (tertiary alicyclic amines) is 1. The number of nitrogens with zero attached hydrogens (tertiary/aromatic N) is 1. The summed E-state index contributed by atoms with van der Waals surface area (Å²) in [6, 6.07) is 8.48. The van der Waals surface area contributed by atoms with Crippen molar-refractivity contribution in [1.82, 2.24) is 4.90 Å². The van der Waals surface area contributed by atoms with Gasteiger partial charge in [0, 0.05) is 19.0 Å². The van der Waals surface area contributed by atoms with Crippen molar-refractivity contribution in [2.45, 2.75) is 71.2 Å². The van der Waals surface area contributed by atoms with Gasteiger partial charge in [-0.05, 0) is 59.5 Å². The molecule has 0 aromatic heterocycles. The van der Waals surface area contributed by atoms with Gasteiger partial charge in [0.1, 0.15) is 5.60 Å². The second-order valence-corrected chi connectivity index (χ2v) is 9.73. The molecule has 3 rings (SSSR count). The van der Waals surface area contributed by atoms with Crippen LogP contribution < -0.4 is 5.46 Å². The zero-order chi connectivity index (χ0) is 20.0. The van der Waals surface area contributed by atoms with E-state index in [0.29, 0.717) is 12.5 Å². The molecule has 2 aliphatic heterocycles. The molecule has 2 heterocycles. The molecule has 2 fully saturated rings. The van der Waals surface area contributed by atoms with Crippen molar-refractivity contribution in [2.24, 2.45) is 0 Å². The highest BCUT2D eigenvalue weighted by Gasteiger charge is 2.51. The highest BCUT2D eigenvalue weighted by molar-refractivity contribution is 6.62. The lowest BCUT2D eigenvalue weighted by atomic mass is 9.78. The maximum atomic E-state index is 11.9. The maximum absolute atomic E-state index is 11.9. The molecule has 0 N–H and O–H groups in total. The molecule has 0 aliphatic carbocycles. The van der Waals surface area contributed by atoms with Crippen LogP contribution in [-0.2, 0) is 18.8 Å². The van der Waals surface area contributed by atoms with Crippen LogP contribution in [0.1, 0.15) is 59.9 Å². The van der Waals surface area contributed by atoms with Gasteiger partial charge in [-0.25, -0.2) is 0 Å². The quantitative estimate of drug-likeness (QED) is 0.600. The lowest BCUT2D eigenvalue weighted by Crippen LogP contribution is -2.48. The first-order valence-corrected chi connectivity index (χ1v) is 9.76. The van der Waals surface area contributed by atoms with E-state index in [2.05, 4.69) is 56.9 Å². The number of benzene rings is 1. The van der Waals surface area contributed by atoms with Gasteiger partial charge in [-0.15, -0.1) is 0 Å². The lowest BCUT2D eigenvalue weighted by molar-refractivity contribution is -0.157. The van der Waals surface area contributed by atoms with Gasteiger partial charge in [0.2, 0.25) is 0 Å². The topological polar surface area (TPSA) is 48.0 Å². The van der Waals surface area contributed by atoms with Gasteiger partial charge < -0.3 is 14.0 Å². The Morgan fingerprint density at radius 1 is 1.11 bits per heavy atom. The van der Waals surface area contributed by atoms with E-state index in [1.807, 2.05) is 20.8 Å². The minimum atomic E-state index is -0.426. The van der Waals surface area contributed by atoms with E-state index in [9.17, 15) is 4.79 Å². The van der Waals surface area contributed by atoms with E-state index in [1.165, 1.54) is 5.56 Å². The molecule has 2 saturated heterocycles. The highest BCUT2D eigenvalue weighted by atomic mass is 16.7. The summed E-state index contributed by atoms with van der Waals surface area (Å²) < 4.78 is 17.6. The normalized spacial score (nSPS) is 22.6. The third kappa shape index (κ3) is 4.56. The van der Waals surface area contributed by atoms with Crippen molar-refractivity contribution in [3.8, 4) is 0 Å². The number of ether oxygens (including phenoxy) is 1. The molecule has 0 atom stereocenters. The van der Waals surface area contributed by atoms with E-state index in [4.69, 9.17) is 14.0 Å². The van der Waals surface area contributed by atoms with E-state index in [1.54, 1.807) is 0 Å². The van der Waals surface area contributed by atoms with Crippen LogP contribution in [0, 0.1) is 0 Å². The van der Waals surface area contributed by atoms with Gasteiger partial charge in [-0.1, -0.05) is 24.3 Å². The summed E-state index contributed by atoms with van der Waals surface area (Å²) >= 11 is 0. The summed E-state index contributed by atoms with van der Waals surface area (Å²) in [6.45, 7) is 16.1. The SMILES string of the molecule is CC(C)(C)OC(=O)CN1CC(c2ccc(B3OC(C)(C)C(C)(C)O3)cc2)C1. The number of carbonyl (C=O) groups excluding carboxylic acids is 1. The van der Waals surface area contributed by atoms with E-state index < -0.39 is 5.60 Å². The van der Waals surface area contributed by atoms with Crippen LogP contribution in [0.25, 0.3) is 0 Å². The van der Waals surface area contributed by atoms with Crippen molar-refractivity contribution in [1.29, 1.82) is 0 Å². The molecule has 5 nitrogen and oxygen atoms in total. The Hall–Kier alpha value is -1.37. The highest BCUT2D eigenvalue weighted by Crippen LogP contribution is 2.36. The van der Waals surface area contributed by atoms with Gasteiger partial charge in [-0.2, -0.15) is 0 Å². The fourth-order valence-corrected chi connectivity index (χ4v) is 3.37. The summed E-state index contributed by atoms with van der Waals surface area (Å²) in [5.41, 5.74) is 1.25. The molecule has 148 valence electrons. The molecule has 6 heteroatoms. The standard InChI is InChI=1S/C21H32BNO4/c1-19(2,3)25-18(24)14-23-12-16(13-23)15-8-10-17(11-9-15)22-26-20(4,5)21(6,7)27-22/h8-11,16H,12-14H2,1-7H3. The van der Waals surface area contributed by atoms with Gasteiger partial charge in [-0.3, -0.25) is 9.69 Å². The Kier molecular flexibility index (Phi) is 5.21. The molecular weight excluding hydrogens is 341 g/mol. The number of hydrogen-bond donors (Lipinski definition) is 0. The molecule has 2 aliphatic rings. The minimum absolute atomic E-state index is 0.156. The van der Waals surface area contributed by atoms with Crippen LogP contribution in [0.15, 0.2) is 24.3 Å². The smallest absolute Gasteiger partial charge is 0.459 e. The largest absolute Gasteiger partial charge is 0.494 e. The molecule has 27 heavy (non-hydrogen) atoms. The third-order valence-electron chi connectivity index (χ3n) is 5.66. The van der Waals surface area contributed by atoms with Gasteiger partial charge in [0.25, 0.3) is 0 Å². The first kappa shape index (κ1) is 20.4. The average Bonchev–Trinajstić information content (AvgIpc) is 2.69. The van der Waals surface area contributed by atoms with Crippen LogP contribution in [-0.4, -0.2) is 54.4 Å². The van der Waals surface area contributed by atoms with Crippen LogP contribution in [0.5, 0.6) is 0 Å². The number of carbonyl (C=O) groups is 1. The van der Waals surface area contributed by atoms with Crippen molar-refractivity contribution in [3.63, 3.8) is 0 Å². The van der Waals surface area contributed by atoms with Crippen molar-refractivity contribution < 1.29 is 18.8 Å². The summed E-state index contributed by atoms with van der Waals surface area (Å²) in [4.78, 5) is 14.0. The fraction of sp³-hybridized carbons (Fsp3) is 0.667. The van der Waals surface area contributed by atoms with Gasteiger partial charge in [0.05, 0.1) is 17.7 Å². The monoisotopic (exact) mass is 373 g/mol. The number of rotatable bonds is 4. The van der Waals surface area contributed by atoms with Gasteiger partial charge >= 0.3 is 13.1 Å². The first-order chi connectivity index (χ1) is 12.4. The first-order valence-electron chi connectivity index (χ1n) is 9.76. The Morgan fingerprint density at radius 2 is 1.63 bits per heavy atom. The Bertz CT molecular complexity index is 671. The summed E-state index contributed by atoms with van der Waals surface area (Å²) in [7, 11) is -0.325. The van der Waals surface area contributed by atoms with Crippen LogP contribution in [0.2, 0.25) is 0 Å². The summed E-state index contributed by atoms with van der Waals surface area (Å²) in [5, 5.41) is 0. The molecule has 0 radical (unpaired) electrons. The van der Waals surface area contributed by atoms with Crippen molar-refractivity contribution >= 4 is 18.6 Å². The molecule has 0 saturated carbocycles. The van der Waals surface area contributed by atoms with Crippen molar-refractivity contribution in [2.75, 3.05) is 19.6 Å². The van der Waals surface area contributed by atoms with Crippen molar-refractivity contribution in [3.05, 3.63) is 29.8 Å². The molecule has 0 bridgehead atoms. The number of hydrogen-bond acceptors (Lipinski definition) is 5. The van der Waals surface area contributed by atoms with Crippen LogP contribution >= 0.6 is 0 Å². The summed E-state index contributed by atoms with van der Waals surface area (Å²) in [5.74, 6) is 0.303. The average molecular weight is 373 g/mol. The number of esters is 1. The second kappa shape index (κ2) is 6.91. The molecule has 1 aromatic carbocycles.